The van der Waals surface area contributed by atoms with Gasteiger partial charge in [0.2, 0.25) is 5.91 Å². The van der Waals surface area contributed by atoms with Gasteiger partial charge in [0.1, 0.15) is 6.04 Å². The van der Waals surface area contributed by atoms with Crippen LogP contribution < -0.4 is 5.73 Å². The number of likely N-dealkylation sites (tertiary alicyclic amines) is 1. The minimum Gasteiger partial charge on any atom is -0.467 e. The first kappa shape index (κ1) is 11.4. The van der Waals surface area contributed by atoms with Crippen molar-refractivity contribution < 1.29 is 14.3 Å². The van der Waals surface area contributed by atoms with Crippen molar-refractivity contribution in [2.75, 3.05) is 20.2 Å². The molecule has 2 rings (SSSR count). The molecule has 0 aromatic heterocycles. The maximum atomic E-state index is 11.7. The van der Waals surface area contributed by atoms with Crippen molar-refractivity contribution in [3.63, 3.8) is 0 Å². The number of carbonyl (C=O) groups excluding carboxylic acids is 2. The Labute approximate surface area is 94.9 Å². The van der Waals surface area contributed by atoms with Crippen LogP contribution in [-0.2, 0) is 14.3 Å². The van der Waals surface area contributed by atoms with Crippen molar-refractivity contribution in [2.24, 2.45) is 23.0 Å². The van der Waals surface area contributed by atoms with Crippen LogP contribution in [0.2, 0.25) is 0 Å². The third-order valence-corrected chi connectivity index (χ3v) is 4.15. The lowest BCUT2D eigenvalue weighted by Gasteiger charge is -2.28. The normalized spacial score (nSPS) is 34.5. The first-order valence-corrected chi connectivity index (χ1v) is 5.52. The van der Waals surface area contributed by atoms with E-state index >= 15 is 0 Å². The average molecular weight is 226 g/mol. The van der Waals surface area contributed by atoms with E-state index in [1.807, 2.05) is 0 Å². The number of piperidine rings is 1. The van der Waals surface area contributed by atoms with Crippen molar-refractivity contribution in [1.29, 1.82) is 0 Å². The molecule has 1 amide bonds. The van der Waals surface area contributed by atoms with Gasteiger partial charge in [0.25, 0.3) is 0 Å². The number of rotatable bonds is 2. The number of hydrogen-bond donors (Lipinski definition) is 1. The van der Waals surface area contributed by atoms with Crippen molar-refractivity contribution in [3.8, 4) is 0 Å². The van der Waals surface area contributed by atoms with Crippen LogP contribution in [0.4, 0.5) is 0 Å². The number of ether oxygens (including phenoxy) is 1. The van der Waals surface area contributed by atoms with Crippen LogP contribution in [0.1, 0.15) is 13.8 Å². The van der Waals surface area contributed by atoms with Gasteiger partial charge in [0.15, 0.2) is 0 Å². The third-order valence-electron chi connectivity index (χ3n) is 4.15. The predicted octanol–water partition coefficient (Wildman–Crippen LogP) is -0.399. The highest BCUT2D eigenvalue weighted by atomic mass is 16.5. The van der Waals surface area contributed by atoms with E-state index in [4.69, 9.17) is 10.5 Å². The second kappa shape index (κ2) is 3.45. The lowest BCUT2D eigenvalue weighted by Crippen LogP contribution is -2.48. The highest BCUT2D eigenvalue weighted by Crippen LogP contribution is 2.64. The molecule has 0 radical (unpaired) electrons. The minimum atomic E-state index is -0.430. The summed E-state index contributed by atoms with van der Waals surface area (Å²) in [7, 11) is 1.36. The first-order chi connectivity index (χ1) is 7.45. The smallest absolute Gasteiger partial charge is 0.328 e. The second-order valence-corrected chi connectivity index (χ2v) is 5.17. The number of hydrogen-bond acceptors (Lipinski definition) is 4. The zero-order chi connectivity index (χ0) is 12.1. The van der Waals surface area contributed by atoms with Crippen LogP contribution in [-0.4, -0.2) is 43.0 Å². The molecule has 3 atom stereocenters. The molecule has 0 bridgehead atoms. The first-order valence-electron chi connectivity index (χ1n) is 5.52. The highest BCUT2D eigenvalue weighted by Gasteiger charge is 2.69. The molecule has 5 nitrogen and oxygen atoms in total. The fourth-order valence-electron chi connectivity index (χ4n) is 3.05. The van der Waals surface area contributed by atoms with E-state index in [-0.39, 0.29) is 29.8 Å². The molecule has 16 heavy (non-hydrogen) atoms. The Morgan fingerprint density at radius 3 is 2.62 bits per heavy atom. The van der Waals surface area contributed by atoms with E-state index < -0.39 is 6.04 Å². The topological polar surface area (TPSA) is 72.6 Å². The third kappa shape index (κ3) is 1.34. The SMILES string of the molecule is COC(=O)[C@@H]1[C@@H]2[C@H](CN1C(=O)CN)C2(C)C. The van der Waals surface area contributed by atoms with E-state index in [0.29, 0.717) is 12.5 Å². The summed E-state index contributed by atoms with van der Waals surface area (Å²) < 4.78 is 4.78. The summed E-state index contributed by atoms with van der Waals surface area (Å²) in [4.78, 5) is 24.9. The maximum Gasteiger partial charge on any atom is 0.328 e. The summed E-state index contributed by atoms with van der Waals surface area (Å²) in [6, 6.07) is -0.430. The van der Waals surface area contributed by atoms with Gasteiger partial charge >= 0.3 is 5.97 Å². The molecule has 1 saturated carbocycles. The molecule has 1 heterocycles. The number of nitrogens with two attached hydrogens (primary N) is 1. The Bertz CT molecular complexity index is 340. The Morgan fingerprint density at radius 1 is 1.50 bits per heavy atom. The average Bonchev–Trinajstić information content (AvgIpc) is 2.68. The number of amides is 1. The van der Waals surface area contributed by atoms with E-state index in [2.05, 4.69) is 13.8 Å². The molecule has 2 N–H and O–H groups in total. The zero-order valence-electron chi connectivity index (χ0n) is 9.90. The molecule has 0 unspecified atom stereocenters. The monoisotopic (exact) mass is 226 g/mol. The van der Waals surface area contributed by atoms with Gasteiger partial charge in [-0.1, -0.05) is 13.8 Å². The van der Waals surface area contributed by atoms with Crippen LogP contribution in [0.3, 0.4) is 0 Å². The lowest BCUT2D eigenvalue weighted by atomic mass is 10.0. The number of carbonyl (C=O) groups is 2. The van der Waals surface area contributed by atoms with Crippen LogP contribution in [0.25, 0.3) is 0 Å². The Balaban J connectivity index is 2.20. The minimum absolute atomic E-state index is 0.0483. The van der Waals surface area contributed by atoms with E-state index in [1.165, 1.54) is 7.11 Å². The van der Waals surface area contributed by atoms with Gasteiger partial charge in [-0.05, 0) is 11.3 Å². The summed E-state index contributed by atoms with van der Waals surface area (Å²) in [5, 5.41) is 0. The van der Waals surface area contributed by atoms with Gasteiger partial charge in [0, 0.05) is 12.5 Å². The molecule has 90 valence electrons. The summed E-state index contributed by atoms with van der Waals surface area (Å²) >= 11 is 0. The van der Waals surface area contributed by atoms with Crippen LogP contribution in [0.5, 0.6) is 0 Å². The van der Waals surface area contributed by atoms with E-state index in [1.54, 1.807) is 4.90 Å². The van der Waals surface area contributed by atoms with Crippen LogP contribution in [0.15, 0.2) is 0 Å². The molecule has 5 heteroatoms. The van der Waals surface area contributed by atoms with Crippen molar-refractivity contribution >= 4 is 11.9 Å². The van der Waals surface area contributed by atoms with Gasteiger partial charge in [-0.15, -0.1) is 0 Å². The largest absolute Gasteiger partial charge is 0.467 e. The molecule has 2 aliphatic rings. The van der Waals surface area contributed by atoms with Crippen LogP contribution >= 0.6 is 0 Å². The van der Waals surface area contributed by atoms with Crippen molar-refractivity contribution in [1.82, 2.24) is 4.90 Å². The van der Waals surface area contributed by atoms with Crippen LogP contribution in [0, 0.1) is 17.3 Å². The number of esters is 1. The Hall–Kier alpha value is -1.10. The standard InChI is InChI=1S/C11H18N2O3/c1-11(2)6-5-13(7(14)4-12)9(8(6)11)10(15)16-3/h6,8-9H,4-5,12H2,1-3H3/t6-,8-,9-/m0/s1. The molecular weight excluding hydrogens is 208 g/mol. The molecule has 1 saturated heterocycles. The molecule has 0 aromatic rings. The fourth-order valence-corrected chi connectivity index (χ4v) is 3.05. The Kier molecular flexibility index (Phi) is 2.45. The zero-order valence-corrected chi connectivity index (χ0v) is 9.90. The maximum absolute atomic E-state index is 11.7. The van der Waals surface area contributed by atoms with Gasteiger partial charge in [-0.3, -0.25) is 4.79 Å². The molecule has 2 fully saturated rings. The van der Waals surface area contributed by atoms with Gasteiger partial charge < -0.3 is 15.4 Å². The molecular formula is C11H18N2O3. The van der Waals surface area contributed by atoms with E-state index in [0.717, 1.165) is 0 Å². The quantitative estimate of drug-likeness (QED) is 0.650. The number of nitrogens with zero attached hydrogens (tertiary/aromatic N) is 1. The summed E-state index contributed by atoms with van der Waals surface area (Å²) in [6.07, 6.45) is 0. The molecule has 0 spiro atoms. The van der Waals surface area contributed by atoms with Gasteiger partial charge in [-0.25, -0.2) is 4.79 Å². The summed E-state index contributed by atoms with van der Waals surface area (Å²) in [5.74, 6) is 0.154. The molecule has 1 aliphatic carbocycles. The Morgan fingerprint density at radius 2 is 2.12 bits per heavy atom. The fraction of sp³-hybridized carbons (Fsp3) is 0.818. The van der Waals surface area contributed by atoms with E-state index in [9.17, 15) is 9.59 Å². The lowest BCUT2D eigenvalue weighted by molar-refractivity contribution is -0.152. The highest BCUT2D eigenvalue weighted by molar-refractivity contribution is 5.87. The van der Waals surface area contributed by atoms with Crippen molar-refractivity contribution in [3.05, 3.63) is 0 Å². The van der Waals surface area contributed by atoms with Gasteiger partial charge in [-0.2, -0.15) is 0 Å². The number of fused-ring (bicyclic) bond motifs is 1. The summed E-state index contributed by atoms with van der Waals surface area (Å²) in [5.41, 5.74) is 5.48. The molecule has 1 aliphatic heterocycles. The summed E-state index contributed by atoms with van der Waals surface area (Å²) in [6.45, 7) is 4.84. The second-order valence-electron chi connectivity index (χ2n) is 5.17. The number of methoxy groups -OCH3 is 1. The molecule has 0 aromatic carbocycles. The van der Waals surface area contributed by atoms with Crippen molar-refractivity contribution in [2.45, 2.75) is 19.9 Å². The van der Waals surface area contributed by atoms with Gasteiger partial charge in [0.05, 0.1) is 13.7 Å². The predicted molar refractivity (Wildman–Crippen MR) is 57.3 cm³/mol.